The Bertz CT molecular complexity index is 291. The zero-order chi connectivity index (χ0) is 11.2. The lowest BCUT2D eigenvalue weighted by molar-refractivity contribution is 0.112. The molecule has 0 aromatic heterocycles. The second-order valence-electron chi connectivity index (χ2n) is 2.98. The minimum Gasteiger partial charge on any atom is -0.378 e. The van der Waals surface area contributed by atoms with Crippen molar-refractivity contribution >= 4 is 17.5 Å². The molecule has 0 rings (SSSR count). The molecular weight excluding hydrogens is 231 g/mol. The Labute approximate surface area is 83.8 Å². The largest absolute Gasteiger partial charge is 0.378 e. The van der Waals surface area contributed by atoms with Crippen LogP contribution in [0.25, 0.3) is 0 Å². The summed E-state index contributed by atoms with van der Waals surface area (Å²) < 4.78 is 49.5. The van der Waals surface area contributed by atoms with Gasteiger partial charge in [0, 0.05) is 13.3 Å². The Balaban J connectivity index is 3.36. The van der Waals surface area contributed by atoms with Crippen LogP contribution in [-0.4, -0.2) is 51.9 Å². The molecule has 0 fully saturated rings. The lowest BCUT2D eigenvalue weighted by atomic mass is 10.7. The Morgan fingerprint density at radius 1 is 1.21 bits per heavy atom. The topological polar surface area (TPSA) is 89.9 Å². The predicted molar refractivity (Wildman–Crippen MR) is 52.6 cm³/mol. The first kappa shape index (κ1) is 14.1. The molecule has 0 aromatic carbocycles. The van der Waals surface area contributed by atoms with Gasteiger partial charge in [-0.05, 0) is 0 Å². The highest BCUT2D eigenvalue weighted by atomic mass is 32.2. The van der Waals surface area contributed by atoms with E-state index in [-0.39, 0.29) is 19.8 Å². The van der Waals surface area contributed by atoms with Crippen molar-refractivity contribution in [3.05, 3.63) is 0 Å². The van der Waals surface area contributed by atoms with Crippen LogP contribution in [0.2, 0.25) is 0 Å². The third-order valence-electron chi connectivity index (χ3n) is 1.12. The Hall–Kier alpha value is 0.0600. The van der Waals surface area contributed by atoms with Crippen molar-refractivity contribution in [1.82, 2.24) is 0 Å². The monoisotopic (exact) mass is 246 g/mol. The molecule has 6 nitrogen and oxygen atoms in total. The smallest absolute Gasteiger partial charge is 0.267 e. The molecule has 8 heteroatoms. The van der Waals surface area contributed by atoms with Gasteiger partial charge in [-0.2, -0.15) is 8.42 Å². The number of hydrogen-bond acceptors (Lipinski definition) is 5. The van der Waals surface area contributed by atoms with Gasteiger partial charge in [-0.25, -0.2) is 0 Å². The SMILES string of the molecule is CP(C)(=O)OCCOCCS(=O)(=O)O. The van der Waals surface area contributed by atoms with Gasteiger partial charge >= 0.3 is 0 Å². The van der Waals surface area contributed by atoms with Crippen molar-refractivity contribution in [1.29, 1.82) is 0 Å². The first-order valence-corrected chi connectivity index (χ1v) is 8.06. The van der Waals surface area contributed by atoms with E-state index in [0.29, 0.717) is 0 Å². The molecule has 0 saturated heterocycles. The average Bonchev–Trinajstić information content (AvgIpc) is 1.92. The highest BCUT2D eigenvalue weighted by molar-refractivity contribution is 7.85. The van der Waals surface area contributed by atoms with Crippen LogP contribution in [-0.2, 0) is 23.9 Å². The maximum Gasteiger partial charge on any atom is 0.267 e. The van der Waals surface area contributed by atoms with Crippen molar-refractivity contribution < 1.29 is 26.8 Å². The lowest BCUT2D eigenvalue weighted by Gasteiger charge is -2.08. The maximum atomic E-state index is 11.0. The van der Waals surface area contributed by atoms with Crippen molar-refractivity contribution in [2.24, 2.45) is 0 Å². The van der Waals surface area contributed by atoms with Gasteiger partial charge in [-0.1, -0.05) is 0 Å². The summed E-state index contributed by atoms with van der Waals surface area (Å²) in [6.07, 6.45) is 0. The lowest BCUT2D eigenvalue weighted by Crippen LogP contribution is -2.12. The molecule has 0 aliphatic rings. The van der Waals surface area contributed by atoms with Crippen LogP contribution in [0.4, 0.5) is 0 Å². The third kappa shape index (κ3) is 12.1. The fourth-order valence-electron chi connectivity index (χ4n) is 0.582. The maximum absolute atomic E-state index is 11.0. The third-order valence-corrected chi connectivity index (χ3v) is 2.60. The van der Waals surface area contributed by atoms with Crippen LogP contribution in [0.3, 0.4) is 0 Å². The molecule has 14 heavy (non-hydrogen) atoms. The van der Waals surface area contributed by atoms with E-state index in [4.69, 9.17) is 13.8 Å². The second-order valence-corrected chi connectivity index (χ2v) is 7.32. The van der Waals surface area contributed by atoms with Crippen molar-refractivity contribution in [3.63, 3.8) is 0 Å². The molecule has 0 radical (unpaired) electrons. The van der Waals surface area contributed by atoms with E-state index in [0.717, 1.165) is 0 Å². The summed E-state index contributed by atoms with van der Waals surface area (Å²) in [6.45, 7) is 3.16. The molecule has 0 aliphatic carbocycles. The highest BCUT2D eigenvalue weighted by Gasteiger charge is 2.06. The summed E-state index contributed by atoms with van der Waals surface area (Å²) in [7, 11) is -6.45. The van der Waals surface area contributed by atoms with E-state index in [9.17, 15) is 13.0 Å². The van der Waals surface area contributed by atoms with E-state index < -0.39 is 23.2 Å². The molecule has 0 heterocycles. The predicted octanol–water partition coefficient (Wildman–Crippen LogP) is 0.445. The van der Waals surface area contributed by atoms with Crippen LogP contribution in [0.1, 0.15) is 0 Å². The van der Waals surface area contributed by atoms with Crippen molar-refractivity contribution in [2.75, 3.05) is 38.9 Å². The van der Waals surface area contributed by atoms with Crippen molar-refractivity contribution in [2.45, 2.75) is 0 Å². The van der Waals surface area contributed by atoms with E-state index in [1.807, 2.05) is 0 Å². The standard InChI is InChI=1S/C6H15O6PS/c1-13(2,7)12-4-3-11-5-6-14(8,9)10/h3-6H2,1-2H3,(H,8,9,10). The summed E-state index contributed by atoms with van der Waals surface area (Å²) in [4.78, 5) is 0. The van der Waals surface area contributed by atoms with Gasteiger partial charge in [0.25, 0.3) is 10.1 Å². The van der Waals surface area contributed by atoms with E-state index in [1.165, 1.54) is 13.3 Å². The number of hydrogen-bond donors (Lipinski definition) is 1. The summed E-state index contributed by atoms with van der Waals surface area (Å²) in [6, 6.07) is 0. The van der Waals surface area contributed by atoms with Gasteiger partial charge in [0.1, 0.15) is 0 Å². The van der Waals surface area contributed by atoms with Gasteiger partial charge < -0.3 is 9.26 Å². The van der Waals surface area contributed by atoms with Crippen LogP contribution in [0.5, 0.6) is 0 Å². The molecular formula is C6H15O6PS. The summed E-state index contributed by atoms with van der Waals surface area (Å²) >= 11 is 0. The van der Waals surface area contributed by atoms with Crippen molar-refractivity contribution in [3.8, 4) is 0 Å². The molecule has 86 valence electrons. The van der Waals surface area contributed by atoms with Gasteiger partial charge in [0.15, 0.2) is 7.37 Å². The first-order valence-electron chi connectivity index (χ1n) is 3.93. The van der Waals surface area contributed by atoms with E-state index >= 15 is 0 Å². The molecule has 0 unspecified atom stereocenters. The molecule has 0 saturated carbocycles. The second kappa shape index (κ2) is 5.82. The number of rotatable bonds is 7. The molecule has 0 spiro atoms. The average molecular weight is 246 g/mol. The quantitative estimate of drug-likeness (QED) is 0.398. The van der Waals surface area contributed by atoms with Gasteiger partial charge in [0.05, 0.1) is 25.6 Å². The van der Waals surface area contributed by atoms with Gasteiger partial charge in [0.2, 0.25) is 0 Å². The highest BCUT2D eigenvalue weighted by Crippen LogP contribution is 2.36. The summed E-state index contributed by atoms with van der Waals surface area (Å²) in [5.74, 6) is -0.442. The fourth-order valence-corrected chi connectivity index (χ4v) is 1.43. The Morgan fingerprint density at radius 3 is 2.21 bits per heavy atom. The van der Waals surface area contributed by atoms with Gasteiger partial charge in [-0.3, -0.25) is 9.12 Å². The van der Waals surface area contributed by atoms with E-state index in [2.05, 4.69) is 0 Å². The van der Waals surface area contributed by atoms with Crippen LogP contribution in [0, 0.1) is 0 Å². The van der Waals surface area contributed by atoms with Crippen LogP contribution >= 0.6 is 7.37 Å². The Kier molecular flexibility index (Phi) is 5.85. The zero-order valence-electron chi connectivity index (χ0n) is 8.17. The van der Waals surface area contributed by atoms with Gasteiger partial charge in [-0.15, -0.1) is 0 Å². The summed E-state index contributed by atoms with van der Waals surface area (Å²) in [5.41, 5.74) is 0. The molecule has 0 bridgehead atoms. The minimum absolute atomic E-state index is 0.0973. The zero-order valence-corrected chi connectivity index (χ0v) is 9.88. The summed E-state index contributed by atoms with van der Waals surface area (Å²) in [5, 5.41) is 0. The molecule has 0 aromatic rings. The van der Waals surface area contributed by atoms with Crippen LogP contribution < -0.4 is 0 Å². The molecule has 1 N–H and O–H groups in total. The minimum atomic E-state index is -3.96. The normalized spacial score (nSPS) is 13.1. The first-order chi connectivity index (χ1) is 6.21. The number of ether oxygens (including phenoxy) is 1. The van der Waals surface area contributed by atoms with E-state index in [1.54, 1.807) is 0 Å². The molecule has 0 atom stereocenters. The fraction of sp³-hybridized carbons (Fsp3) is 1.00. The molecule has 0 aliphatic heterocycles. The Morgan fingerprint density at radius 2 is 1.79 bits per heavy atom. The van der Waals surface area contributed by atoms with Crippen LogP contribution in [0.15, 0.2) is 0 Å². The molecule has 0 amide bonds.